The second-order valence-electron chi connectivity index (χ2n) is 3.48. The summed E-state index contributed by atoms with van der Waals surface area (Å²) < 4.78 is 18.8. The molecule has 0 bridgehead atoms. The van der Waals surface area contributed by atoms with Gasteiger partial charge in [-0.05, 0) is 24.9 Å². The van der Waals surface area contributed by atoms with Gasteiger partial charge in [0.25, 0.3) is 0 Å². The van der Waals surface area contributed by atoms with Crippen LogP contribution in [0.1, 0.15) is 18.1 Å². The number of rotatable bonds is 4. The lowest BCUT2D eigenvalue weighted by Crippen LogP contribution is -2.07. The molecule has 0 radical (unpaired) electrons. The van der Waals surface area contributed by atoms with Crippen molar-refractivity contribution in [2.24, 2.45) is 5.11 Å². The Bertz CT molecular complexity index is 548. The fraction of sp³-hybridized carbons (Fsp3) is 0.250. The van der Waals surface area contributed by atoms with Crippen LogP contribution in [0.25, 0.3) is 16.0 Å². The molecule has 0 aliphatic rings. The Kier molecular flexibility index (Phi) is 4.45. The van der Waals surface area contributed by atoms with Crippen LogP contribution in [0.15, 0.2) is 23.8 Å². The molecule has 0 saturated carbocycles. The number of hydrogen-bond acceptors (Lipinski definition) is 3. The molecule has 5 nitrogen and oxygen atoms in total. The van der Waals surface area contributed by atoms with Crippen LogP contribution in [-0.2, 0) is 9.53 Å². The molecule has 6 heteroatoms. The van der Waals surface area contributed by atoms with E-state index in [1.165, 1.54) is 6.07 Å². The number of esters is 1. The fourth-order valence-corrected chi connectivity index (χ4v) is 1.39. The van der Waals surface area contributed by atoms with E-state index >= 15 is 0 Å². The molecule has 1 rings (SSSR count). The average Bonchev–Trinajstić information content (AvgIpc) is 2.34. The van der Waals surface area contributed by atoms with Crippen LogP contribution in [0.2, 0.25) is 0 Å². The average molecular weight is 249 g/mol. The Hall–Kier alpha value is -2.33. The van der Waals surface area contributed by atoms with E-state index in [1.54, 1.807) is 19.9 Å². The van der Waals surface area contributed by atoms with Crippen LogP contribution in [-0.4, -0.2) is 12.6 Å². The standard InChI is InChI=1S/C12H12FN3O2/c1-4-18-12(17)8(3)9-6-5-7(2)11(10(9)13)15-16-14/h5-6H,3-4H2,1-2H3. The molecular formula is C12H12FN3O2. The van der Waals surface area contributed by atoms with Gasteiger partial charge in [-0.3, -0.25) is 0 Å². The normalized spacial score (nSPS) is 9.50. The maximum absolute atomic E-state index is 14.0. The lowest BCUT2D eigenvalue weighted by Gasteiger charge is -2.09. The van der Waals surface area contributed by atoms with Crippen molar-refractivity contribution in [3.05, 3.63) is 46.1 Å². The molecule has 0 amide bonds. The minimum atomic E-state index is -0.772. The topological polar surface area (TPSA) is 75.1 Å². The monoisotopic (exact) mass is 249 g/mol. The number of hydrogen-bond donors (Lipinski definition) is 0. The van der Waals surface area contributed by atoms with Crippen molar-refractivity contribution in [2.75, 3.05) is 6.61 Å². The van der Waals surface area contributed by atoms with Crippen molar-refractivity contribution in [1.82, 2.24) is 0 Å². The van der Waals surface area contributed by atoms with Crippen LogP contribution >= 0.6 is 0 Å². The van der Waals surface area contributed by atoms with Crippen LogP contribution in [0.5, 0.6) is 0 Å². The largest absolute Gasteiger partial charge is 0.462 e. The molecule has 0 aliphatic carbocycles. The van der Waals surface area contributed by atoms with Crippen LogP contribution in [0.4, 0.5) is 10.1 Å². The van der Waals surface area contributed by atoms with Gasteiger partial charge in [-0.2, -0.15) is 0 Å². The number of nitrogens with zero attached hydrogens (tertiary/aromatic N) is 3. The first kappa shape index (κ1) is 13.7. The van der Waals surface area contributed by atoms with E-state index in [4.69, 9.17) is 10.3 Å². The Morgan fingerprint density at radius 3 is 2.83 bits per heavy atom. The number of carbonyl (C=O) groups excluding carboxylic acids is 1. The quantitative estimate of drug-likeness (QED) is 0.268. The second kappa shape index (κ2) is 5.84. The van der Waals surface area contributed by atoms with Gasteiger partial charge in [-0.15, -0.1) is 0 Å². The van der Waals surface area contributed by atoms with Gasteiger partial charge in [0.2, 0.25) is 0 Å². The Labute approximate surface area is 104 Å². The Morgan fingerprint density at radius 1 is 1.61 bits per heavy atom. The van der Waals surface area contributed by atoms with E-state index in [2.05, 4.69) is 16.6 Å². The van der Waals surface area contributed by atoms with Crippen molar-refractivity contribution in [3.8, 4) is 0 Å². The lowest BCUT2D eigenvalue weighted by atomic mass is 10.0. The predicted octanol–water partition coefficient (Wildman–Crippen LogP) is 3.65. The summed E-state index contributed by atoms with van der Waals surface area (Å²) in [6.45, 7) is 6.90. The first-order valence-electron chi connectivity index (χ1n) is 5.23. The molecule has 0 saturated heterocycles. The second-order valence-corrected chi connectivity index (χ2v) is 3.48. The molecule has 1 aromatic carbocycles. The summed E-state index contributed by atoms with van der Waals surface area (Å²) in [5, 5.41) is 3.27. The molecule has 0 aromatic heterocycles. The van der Waals surface area contributed by atoms with Crippen molar-refractivity contribution in [3.63, 3.8) is 0 Å². The summed E-state index contributed by atoms with van der Waals surface area (Å²) in [7, 11) is 0. The molecule has 0 heterocycles. The summed E-state index contributed by atoms with van der Waals surface area (Å²) in [4.78, 5) is 14.0. The molecule has 0 N–H and O–H groups in total. The third kappa shape index (κ3) is 2.67. The number of carbonyl (C=O) groups is 1. The van der Waals surface area contributed by atoms with E-state index in [0.717, 1.165) is 0 Å². The molecule has 0 unspecified atom stereocenters. The molecular weight excluding hydrogens is 237 g/mol. The summed E-state index contributed by atoms with van der Waals surface area (Å²) in [5.41, 5.74) is 8.57. The van der Waals surface area contributed by atoms with Crippen LogP contribution < -0.4 is 0 Å². The third-order valence-corrected chi connectivity index (χ3v) is 2.31. The van der Waals surface area contributed by atoms with Crippen molar-refractivity contribution in [1.29, 1.82) is 0 Å². The van der Waals surface area contributed by atoms with Crippen molar-refractivity contribution < 1.29 is 13.9 Å². The molecule has 1 aromatic rings. The molecule has 0 aliphatic heterocycles. The first-order valence-corrected chi connectivity index (χ1v) is 5.23. The molecule has 0 atom stereocenters. The zero-order valence-corrected chi connectivity index (χ0v) is 10.1. The predicted molar refractivity (Wildman–Crippen MR) is 65.6 cm³/mol. The first-order chi connectivity index (χ1) is 8.52. The molecule has 0 spiro atoms. The third-order valence-electron chi connectivity index (χ3n) is 2.31. The van der Waals surface area contributed by atoms with Gasteiger partial charge in [0.05, 0.1) is 17.9 Å². The van der Waals surface area contributed by atoms with Gasteiger partial charge in [0.1, 0.15) is 5.82 Å². The van der Waals surface area contributed by atoms with Gasteiger partial charge < -0.3 is 4.74 Å². The summed E-state index contributed by atoms with van der Waals surface area (Å²) in [6.07, 6.45) is 0. The van der Waals surface area contributed by atoms with E-state index in [1.807, 2.05) is 0 Å². The zero-order valence-electron chi connectivity index (χ0n) is 10.1. The molecule has 94 valence electrons. The number of azide groups is 1. The highest BCUT2D eigenvalue weighted by molar-refractivity contribution is 6.15. The minimum Gasteiger partial charge on any atom is -0.462 e. The number of benzene rings is 1. The Morgan fingerprint density at radius 2 is 2.28 bits per heavy atom. The smallest absolute Gasteiger partial charge is 0.338 e. The highest BCUT2D eigenvalue weighted by Crippen LogP contribution is 2.29. The SMILES string of the molecule is C=C(C(=O)OCC)c1ccc(C)c(N=[N+]=[N-])c1F. The molecule has 18 heavy (non-hydrogen) atoms. The van der Waals surface area contributed by atoms with Gasteiger partial charge in [-0.25, -0.2) is 9.18 Å². The van der Waals surface area contributed by atoms with Crippen molar-refractivity contribution in [2.45, 2.75) is 13.8 Å². The van der Waals surface area contributed by atoms with E-state index in [0.29, 0.717) is 5.56 Å². The van der Waals surface area contributed by atoms with Gasteiger partial charge in [-0.1, -0.05) is 23.8 Å². The maximum atomic E-state index is 14.0. The molecule has 0 fully saturated rings. The van der Waals surface area contributed by atoms with Gasteiger partial charge >= 0.3 is 5.97 Å². The lowest BCUT2D eigenvalue weighted by molar-refractivity contribution is -0.136. The number of aryl methyl sites for hydroxylation is 1. The van der Waals surface area contributed by atoms with Crippen molar-refractivity contribution >= 4 is 17.2 Å². The number of ether oxygens (including phenoxy) is 1. The summed E-state index contributed by atoms with van der Waals surface area (Å²) in [5.74, 6) is -1.47. The van der Waals surface area contributed by atoms with Gasteiger partial charge in [0, 0.05) is 10.5 Å². The van der Waals surface area contributed by atoms with E-state index in [9.17, 15) is 9.18 Å². The highest BCUT2D eigenvalue weighted by atomic mass is 19.1. The maximum Gasteiger partial charge on any atom is 0.338 e. The van der Waals surface area contributed by atoms with Gasteiger partial charge in [0.15, 0.2) is 0 Å². The summed E-state index contributed by atoms with van der Waals surface area (Å²) in [6, 6.07) is 2.95. The summed E-state index contributed by atoms with van der Waals surface area (Å²) >= 11 is 0. The minimum absolute atomic E-state index is 0.0264. The highest BCUT2D eigenvalue weighted by Gasteiger charge is 2.17. The fourth-order valence-electron chi connectivity index (χ4n) is 1.39. The van der Waals surface area contributed by atoms with Crippen LogP contribution in [0, 0.1) is 12.7 Å². The van der Waals surface area contributed by atoms with E-state index in [-0.39, 0.29) is 23.4 Å². The zero-order chi connectivity index (χ0) is 13.7. The number of halogens is 1. The van der Waals surface area contributed by atoms with E-state index < -0.39 is 11.8 Å². The Balaban J connectivity index is 3.27. The van der Waals surface area contributed by atoms with Crippen LogP contribution in [0.3, 0.4) is 0 Å².